The van der Waals surface area contributed by atoms with Crippen LogP contribution in [0.2, 0.25) is 18.1 Å². The number of benzene rings is 2. The third-order valence-electron chi connectivity index (χ3n) is 6.20. The van der Waals surface area contributed by atoms with Crippen LogP contribution in [0.15, 0.2) is 40.1 Å². The van der Waals surface area contributed by atoms with Crippen LogP contribution in [-0.4, -0.2) is 24.2 Å². The molecule has 3 nitrogen and oxygen atoms in total. The average molecular weight is 433 g/mol. The molecule has 29 heavy (non-hydrogen) atoms. The van der Waals surface area contributed by atoms with Gasteiger partial charge in [-0.15, -0.1) is 0 Å². The molecule has 160 valence electrons. The van der Waals surface area contributed by atoms with Gasteiger partial charge < -0.3 is 9.53 Å². The first-order valence-electron chi connectivity index (χ1n) is 10.3. The van der Waals surface area contributed by atoms with Crippen LogP contribution < -0.4 is 4.43 Å². The molecule has 2 aromatic carbocycles. The lowest BCUT2D eigenvalue weighted by atomic mass is 9.96. The molecular weight excluding hydrogens is 396 g/mol. The summed E-state index contributed by atoms with van der Waals surface area (Å²) in [4.78, 5) is 1.69. The van der Waals surface area contributed by atoms with Gasteiger partial charge in [-0.2, -0.15) is 0 Å². The zero-order chi connectivity index (χ0) is 22.0. The summed E-state index contributed by atoms with van der Waals surface area (Å²) in [5, 5.41) is 9.54. The summed E-state index contributed by atoms with van der Waals surface area (Å²) in [6.45, 7) is 17.5. The lowest BCUT2D eigenvalue weighted by Crippen LogP contribution is -2.44. The Bertz CT molecular complexity index is 883. The molecule has 1 atom stereocenters. The minimum Gasteiger partial charge on any atom is -0.543 e. The third-order valence-corrected chi connectivity index (χ3v) is 12.2. The van der Waals surface area contributed by atoms with E-state index in [0.717, 1.165) is 37.8 Å². The van der Waals surface area contributed by atoms with Crippen molar-refractivity contribution in [3.63, 3.8) is 0 Å². The van der Waals surface area contributed by atoms with Gasteiger partial charge in [-0.05, 0) is 86.1 Å². The molecule has 0 radical (unpaired) electrons. The highest BCUT2D eigenvalue weighted by atomic mass is 32.2. The van der Waals surface area contributed by atoms with E-state index >= 15 is 0 Å². The van der Waals surface area contributed by atoms with Gasteiger partial charge >= 0.3 is 0 Å². The summed E-state index contributed by atoms with van der Waals surface area (Å²) in [5.41, 5.74) is 4.21. The lowest BCUT2D eigenvalue weighted by molar-refractivity contribution is 0.288. The van der Waals surface area contributed by atoms with E-state index in [1.54, 1.807) is 0 Å². The molecule has 1 N–H and O–H groups in total. The van der Waals surface area contributed by atoms with Gasteiger partial charge in [0, 0.05) is 11.5 Å². The molecule has 0 aliphatic rings. The summed E-state index contributed by atoms with van der Waals surface area (Å²) < 4.78 is 20.2. The number of rotatable bonds is 7. The normalized spacial score (nSPS) is 13.4. The van der Waals surface area contributed by atoms with E-state index < -0.39 is 19.1 Å². The van der Waals surface area contributed by atoms with Crippen LogP contribution >= 0.6 is 0 Å². The van der Waals surface area contributed by atoms with Gasteiger partial charge in [0.1, 0.15) is 5.75 Å². The van der Waals surface area contributed by atoms with Crippen LogP contribution in [0.1, 0.15) is 49.4 Å². The van der Waals surface area contributed by atoms with Crippen molar-refractivity contribution < 1.29 is 13.7 Å². The Kier molecular flexibility index (Phi) is 7.52. The zero-order valence-electron chi connectivity index (χ0n) is 19.2. The molecule has 0 bridgehead atoms. The minimum absolute atomic E-state index is 0.0844. The first kappa shape index (κ1) is 23.8. The van der Waals surface area contributed by atoms with E-state index in [9.17, 15) is 9.32 Å². The van der Waals surface area contributed by atoms with Crippen LogP contribution in [-0.2, 0) is 17.2 Å². The Labute approximate surface area is 180 Å². The molecule has 0 fully saturated rings. The van der Waals surface area contributed by atoms with Crippen molar-refractivity contribution >= 4 is 19.1 Å². The lowest BCUT2D eigenvalue weighted by Gasteiger charge is -2.38. The number of aliphatic hydroxyl groups excluding tert-OH is 1. The monoisotopic (exact) mass is 432 g/mol. The van der Waals surface area contributed by atoms with Crippen molar-refractivity contribution in [1.29, 1.82) is 0 Å². The first-order chi connectivity index (χ1) is 13.4. The molecule has 1 unspecified atom stereocenters. The quantitative estimate of drug-likeness (QED) is 0.539. The Hall–Kier alpha value is -1.43. The van der Waals surface area contributed by atoms with Gasteiger partial charge in [0.05, 0.1) is 15.7 Å². The molecule has 0 aliphatic heterocycles. The van der Waals surface area contributed by atoms with Gasteiger partial charge in [-0.25, -0.2) is 4.21 Å². The van der Waals surface area contributed by atoms with E-state index in [1.807, 2.05) is 44.2 Å². The van der Waals surface area contributed by atoms with Crippen molar-refractivity contribution in [2.24, 2.45) is 0 Å². The van der Waals surface area contributed by atoms with Crippen LogP contribution in [0.3, 0.4) is 0 Å². The summed E-state index contributed by atoms with van der Waals surface area (Å²) in [5.74, 6) is 0.939. The Morgan fingerprint density at radius 3 is 2.10 bits per heavy atom. The van der Waals surface area contributed by atoms with E-state index in [1.165, 1.54) is 0 Å². The molecule has 0 amide bonds. The summed E-state index contributed by atoms with van der Waals surface area (Å²) >= 11 is 0. The molecule has 0 heterocycles. The van der Waals surface area contributed by atoms with Gasteiger partial charge in [0.2, 0.25) is 0 Å². The largest absolute Gasteiger partial charge is 0.543 e. The van der Waals surface area contributed by atoms with Gasteiger partial charge in [0.25, 0.3) is 8.32 Å². The average Bonchev–Trinajstić information content (AvgIpc) is 2.65. The van der Waals surface area contributed by atoms with E-state index in [0.29, 0.717) is 12.8 Å². The highest BCUT2D eigenvalue weighted by molar-refractivity contribution is 7.85. The van der Waals surface area contributed by atoms with Crippen LogP contribution in [0.5, 0.6) is 5.75 Å². The van der Waals surface area contributed by atoms with Crippen LogP contribution in [0, 0.1) is 20.8 Å². The number of hydrogen-bond donors (Lipinski definition) is 1. The smallest absolute Gasteiger partial charge is 0.250 e. The predicted molar refractivity (Wildman–Crippen MR) is 125 cm³/mol. The first-order valence-corrected chi connectivity index (χ1v) is 14.4. The molecular formula is C24H36O3SSi. The highest BCUT2D eigenvalue weighted by Crippen LogP contribution is 2.43. The summed E-state index contributed by atoms with van der Waals surface area (Å²) in [6, 6.07) is 9.61. The van der Waals surface area contributed by atoms with Gasteiger partial charge in [-0.3, -0.25) is 0 Å². The summed E-state index contributed by atoms with van der Waals surface area (Å²) in [7, 11) is -3.29. The molecule has 0 spiro atoms. The standard InChI is InChI=1S/C24H36O3SSi/c1-17-18(2)23(28(26)20-13-10-9-11-14-20)19(3)21(15-12-16-25)22(17)27-29(7,8)24(4,5)6/h9-11,13-14,25H,12,15-16H2,1-8H3. The maximum Gasteiger partial charge on any atom is 0.250 e. The molecule has 0 saturated heterocycles. The molecule has 0 saturated carbocycles. The van der Waals surface area contributed by atoms with E-state index in [-0.39, 0.29) is 11.6 Å². The molecule has 0 aromatic heterocycles. The minimum atomic E-state index is -2.04. The Morgan fingerprint density at radius 2 is 1.59 bits per heavy atom. The SMILES string of the molecule is Cc1c(C)c(S(=O)c2ccccc2)c(C)c(CCCO)c1O[Si](C)(C)C(C)(C)C. The predicted octanol–water partition coefficient (Wildman–Crippen LogP) is 6.09. The fourth-order valence-corrected chi connectivity index (χ4v) is 5.76. The maximum atomic E-state index is 13.5. The molecule has 2 rings (SSSR count). The second kappa shape index (κ2) is 9.15. The molecule has 0 aliphatic carbocycles. The van der Waals surface area contributed by atoms with E-state index in [2.05, 4.69) is 40.8 Å². The van der Waals surface area contributed by atoms with Crippen molar-refractivity contribution in [2.45, 2.75) is 82.3 Å². The second-order valence-electron chi connectivity index (χ2n) is 9.28. The fourth-order valence-electron chi connectivity index (χ4n) is 3.20. The second-order valence-corrected chi connectivity index (χ2v) is 15.4. The Balaban J connectivity index is 2.69. The van der Waals surface area contributed by atoms with Crippen LogP contribution in [0.4, 0.5) is 0 Å². The Morgan fingerprint density at radius 1 is 1.00 bits per heavy atom. The number of hydrogen-bond acceptors (Lipinski definition) is 3. The third kappa shape index (κ3) is 5.01. The van der Waals surface area contributed by atoms with Crippen molar-refractivity contribution in [3.8, 4) is 5.75 Å². The van der Waals surface area contributed by atoms with Crippen molar-refractivity contribution in [1.82, 2.24) is 0 Å². The van der Waals surface area contributed by atoms with E-state index in [4.69, 9.17) is 4.43 Å². The van der Waals surface area contributed by atoms with Crippen LogP contribution in [0.25, 0.3) is 0 Å². The highest BCUT2D eigenvalue weighted by Gasteiger charge is 2.40. The zero-order valence-corrected chi connectivity index (χ0v) is 21.0. The molecule has 2 aromatic rings. The molecule has 5 heteroatoms. The van der Waals surface area contributed by atoms with Gasteiger partial charge in [0.15, 0.2) is 0 Å². The number of aliphatic hydroxyl groups is 1. The summed E-state index contributed by atoms with van der Waals surface area (Å²) in [6.07, 6.45) is 1.38. The maximum absolute atomic E-state index is 13.5. The topological polar surface area (TPSA) is 46.5 Å². The van der Waals surface area contributed by atoms with Crippen molar-refractivity contribution in [3.05, 3.63) is 52.6 Å². The van der Waals surface area contributed by atoms with Gasteiger partial charge in [-0.1, -0.05) is 39.0 Å². The fraction of sp³-hybridized carbons (Fsp3) is 0.500. The van der Waals surface area contributed by atoms with Crippen molar-refractivity contribution in [2.75, 3.05) is 6.61 Å².